The average Bonchev–Trinajstić information content (AvgIpc) is 2.99. The van der Waals surface area contributed by atoms with Gasteiger partial charge >= 0.3 is 5.76 Å². The number of halogens is 1. The topological polar surface area (TPSA) is 84.3 Å². The molecule has 3 rings (SSSR count). The predicted molar refractivity (Wildman–Crippen MR) is 81.0 cm³/mol. The Morgan fingerprint density at radius 3 is 3.09 bits per heavy atom. The normalized spacial score (nSPS) is 18.9. The van der Waals surface area contributed by atoms with E-state index in [0.29, 0.717) is 31.0 Å². The Bertz CT molecular complexity index is 670. The molecule has 1 saturated heterocycles. The molecule has 1 fully saturated rings. The quantitative estimate of drug-likeness (QED) is 0.814. The van der Waals surface area contributed by atoms with Gasteiger partial charge in [-0.25, -0.2) is 14.2 Å². The predicted octanol–water partition coefficient (Wildman–Crippen LogP) is 1.63. The number of hydrogen-bond acceptors (Lipinski definition) is 6. The fourth-order valence-electron chi connectivity index (χ4n) is 2.63. The van der Waals surface area contributed by atoms with Crippen LogP contribution < -0.4 is 10.5 Å². The number of alkyl halides is 1. The van der Waals surface area contributed by atoms with Crippen LogP contribution in [0.3, 0.4) is 0 Å². The maximum atomic E-state index is 13.3. The van der Waals surface area contributed by atoms with Crippen LogP contribution in [0.4, 0.5) is 4.39 Å². The van der Waals surface area contributed by atoms with Gasteiger partial charge in [-0.15, -0.1) is 0 Å². The minimum Gasteiger partial charge on any atom is -0.492 e. The zero-order chi connectivity index (χ0) is 16.1. The maximum Gasteiger partial charge on any atom is 0.439 e. The van der Waals surface area contributed by atoms with Crippen molar-refractivity contribution in [3.8, 4) is 17.3 Å². The molecule has 3 heterocycles. The van der Waals surface area contributed by atoms with Gasteiger partial charge in [0.2, 0.25) is 5.82 Å². The number of likely N-dealkylation sites (tertiary alicyclic amines) is 1. The van der Waals surface area contributed by atoms with E-state index in [1.165, 1.54) is 0 Å². The number of rotatable bonds is 6. The largest absolute Gasteiger partial charge is 0.492 e. The summed E-state index contributed by atoms with van der Waals surface area (Å²) >= 11 is 0. The number of aromatic nitrogens is 3. The second kappa shape index (κ2) is 7.36. The van der Waals surface area contributed by atoms with Crippen LogP contribution in [0.5, 0.6) is 5.75 Å². The lowest BCUT2D eigenvalue weighted by Crippen LogP contribution is -2.37. The fourth-order valence-corrected chi connectivity index (χ4v) is 2.63. The van der Waals surface area contributed by atoms with Gasteiger partial charge in [0.15, 0.2) is 0 Å². The highest BCUT2D eigenvalue weighted by Gasteiger charge is 2.18. The van der Waals surface area contributed by atoms with Gasteiger partial charge in [0, 0.05) is 13.1 Å². The van der Waals surface area contributed by atoms with E-state index in [9.17, 15) is 9.18 Å². The fraction of sp³-hybridized carbons (Fsp3) is 0.533. The third-order valence-electron chi connectivity index (χ3n) is 3.75. The summed E-state index contributed by atoms with van der Waals surface area (Å²) in [5, 5.41) is 3.57. The Balaban J connectivity index is 1.43. The molecule has 7 nitrogen and oxygen atoms in total. The van der Waals surface area contributed by atoms with Crippen LogP contribution in [0.25, 0.3) is 11.5 Å². The lowest BCUT2D eigenvalue weighted by Gasteiger charge is -2.28. The standard InChI is InChI=1S/C15H19FN4O3/c16-11-3-1-6-20(10-11)7-2-8-22-12-4-5-13(17-9-12)14-18-15(21)23-19-14/h4-5,9,11H,1-3,6-8,10H2,(H,18,19,21). The van der Waals surface area contributed by atoms with Gasteiger partial charge in [0.1, 0.15) is 17.6 Å². The molecular formula is C15H19FN4O3. The van der Waals surface area contributed by atoms with Gasteiger partial charge in [-0.1, -0.05) is 5.16 Å². The van der Waals surface area contributed by atoms with E-state index in [1.54, 1.807) is 18.3 Å². The molecule has 8 heteroatoms. The molecule has 2 aromatic rings. The first-order valence-electron chi connectivity index (χ1n) is 7.72. The van der Waals surface area contributed by atoms with E-state index >= 15 is 0 Å². The van der Waals surface area contributed by atoms with Crippen molar-refractivity contribution < 1.29 is 13.7 Å². The summed E-state index contributed by atoms with van der Waals surface area (Å²) in [5.74, 6) is 0.310. The highest BCUT2D eigenvalue weighted by atomic mass is 19.1. The monoisotopic (exact) mass is 322 g/mol. The Morgan fingerprint density at radius 2 is 2.39 bits per heavy atom. The zero-order valence-electron chi connectivity index (χ0n) is 12.7. The number of hydrogen-bond donors (Lipinski definition) is 1. The van der Waals surface area contributed by atoms with Gasteiger partial charge in [0.05, 0.1) is 12.8 Å². The smallest absolute Gasteiger partial charge is 0.439 e. The van der Waals surface area contributed by atoms with Crippen molar-refractivity contribution >= 4 is 0 Å². The summed E-state index contributed by atoms with van der Waals surface area (Å²) in [7, 11) is 0. The molecule has 1 aliphatic rings. The maximum absolute atomic E-state index is 13.3. The second-order valence-corrected chi connectivity index (χ2v) is 5.56. The van der Waals surface area contributed by atoms with Crippen molar-refractivity contribution in [3.63, 3.8) is 0 Å². The first-order valence-corrected chi connectivity index (χ1v) is 7.72. The van der Waals surface area contributed by atoms with Crippen LogP contribution in [0, 0.1) is 0 Å². The number of nitrogens with one attached hydrogen (secondary N) is 1. The first-order chi connectivity index (χ1) is 11.2. The number of piperidine rings is 1. The van der Waals surface area contributed by atoms with Crippen LogP contribution in [-0.2, 0) is 0 Å². The number of pyridine rings is 1. The van der Waals surface area contributed by atoms with Crippen LogP contribution in [0.15, 0.2) is 27.6 Å². The molecule has 2 aromatic heterocycles. The van der Waals surface area contributed by atoms with E-state index < -0.39 is 11.9 Å². The molecular weight excluding hydrogens is 303 g/mol. The third kappa shape index (κ3) is 4.38. The molecule has 0 saturated carbocycles. The molecule has 0 aromatic carbocycles. The lowest BCUT2D eigenvalue weighted by atomic mass is 10.1. The Morgan fingerprint density at radius 1 is 1.48 bits per heavy atom. The van der Waals surface area contributed by atoms with Crippen molar-refractivity contribution in [3.05, 3.63) is 28.9 Å². The van der Waals surface area contributed by atoms with E-state index in [2.05, 4.69) is 24.5 Å². The van der Waals surface area contributed by atoms with Gasteiger partial charge in [-0.3, -0.25) is 9.51 Å². The summed E-state index contributed by atoms with van der Waals surface area (Å²) in [6.07, 6.45) is 3.33. The molecule has 0 bridgehead atoms. The summed E-state index contributed by atoms with van der Waals surface area (Å²) in [4.78, 5) is 19.6. The highest BCUT2D eigenvalue weighted by Crippen LogP contribution is 2.16. The molecule has 124 valence electrons. The first kappa shape index (κ1) is 15.7. The molecule has 1 unspecified atom stereocenters. The molecule has 1 aliphatic heterocycles. The van der Waals surface area contributed by atoms with Crippen LogP contribution in [0.1, 0.15) is 19.3 Å². The highest BCUT2D eigenvalue weighted by molar-refractivity contribution is 5.48. The Hall–Kier alpha value is -2.22. The van der Waals surface area contributed by atoms with Crippen molar-refractivity contribution in [1.29, 1.82) is 0 Å². The van der Waals surface area contributed by atoms with E-state index in [0.717, 1.165) is 25.9 Å². The van der Waals surface area contributed by atoms with Gasteiger partial charge < -0.3 is 9.64 Å². The molecule has 0 aliphatic carbocycles. The average molecular weight is 322 g/mol. The van der Waals surface area contributed by atoms with Crippen LogP contribution in [-0.4, -0.2) is 52.4 Å². The Labute approximate surface area is 132 Å². The van der Waals surface area contributed by atoms with Gasteiger partial charge in [0.25, 0.3) is 0 Å². The summed E-state index contributed by atoms with van der Waals surface area (Å²) in [5.41, 5.74) is 0.505. The van der Waals surface area contributed by atoms with Crippen molar-refractivity contribution in [2.45, 2.75) is 25.4 Å². The summed E-state index contributed by atoms with van der Waals surface area (Å²) in [6, 6.07) is 3.45. The number of nitrogens with zero attached hydrogens (tertiary/aromatic N) is 3. The van der Waals surface area contributed by atoms with Gasteiger partial charge in [-0.2, -0.15) is 0 Å². The minimum atomic E-state index is -0.690. The SMILES string of the molecule is O=c1[nH]c(-c2ccc(OCCCN3CCCC(F)C3)cn2)no1. The van der Waals surface area contributed by atoms with Crippen molar-refractivity contribution in [2.75, 3.05) is 26.2 Å². The number of aromatic amines is 1. The van der Waals surface area contributed by atoms with Crippen LogP contribution in [0.2, 0.25) is 0 Å². The Kier molecular flexibility index (Phi) is 5.02. The lowest BCUT2D eigenvalue weighted by molar-refractivity contribution is 0.131. The van der Waals surface area contributed by atoms with Crippen LogP contribution >= 0.6 is 0 Å². The number of ether oxygens (including phenoxy) is 1. The second-order valence-electron chi connectivity index (χ2n) is 5.56. The van der Waals surface area contributed by atoms with Gasteiger partial charge in [-0.05, 0) is 37.9 Å². The van der Waals surface area contributed by atoms with E-state index in [1.807, 2.05) is 0 Å². The summed E-state index contributed by atoms with van der Waals surface area (Å²) in [6.45, 7) is 2.89. The summed E-state index contributed by atoms with van der Waals surface area (Å²) < 4.78 is 23.3. The molecule has 1 atom stereocenters. The molecule has 0 amide bonds. The molecule has 0 spiro atoms. The van der Waals surface area contributed by atoms with Crippen molar-refractivity contribution in [2.24, 2.45) is 0 Å². The van der Waals surface area contributed by atoms with E-state index in [-0.39, 0.29) is 5.82 Å². The molecule has 0 radical (unpaired) electrons. The minimum absolute atomic E-state index is 0.285. The third-order valence-corrected chi connectivity index (χ3v) is 3.75. The molecule has 1 N–H and O–H groups in total. The molecule has 23 heavy (non-hydrogen) atoms. The van der Waals surface area contributed by atoms with E-state index in [4.69, 9.17) is 4.74 Å². The van der Waals surface area contributed by atoms with Crippen molar-refractivity contribution in [1.82, 2.24) is 20.0 Å². The zero-order valence-corrected chi connectivity index (χ0v) is 12.7. The number of H-pyrrole nitrogens is 1.